The molecule has 6 heteroatoms. The van der Waals surface area contributed by atoms with E-state index in [1.54, 1.807) is 0 Å². The number of fused-ring (bicyclic) bond motifs is 2. The summed E-state index contributed by atoms with van der Waals surface area (Å²) in [6, 6.07) is 5.19. The van der Waals surface area contributed by atoms with Crippen LogP contribution in [0.3, 0.4) is 0 Å². The van der Waals surface area contributed by atoms with Gasteiger partial charge in [0.25, 0.3) is 0 Å². The van der Waals surface area contributed by atoms with Crippen LogP contribution in [0.4, 0.5) is 18.9 Å². The second kappa shape index (κ2) is 5.26. The molecule has 0 spiro atoms. The number of ether oxygens (including phenoxy) is 1. The van der Waals surface area contributed by atoms with Crippen LogP contribution in [0.1, 0.15) is 33.1 Å². The molecule has 1 N–H and O–H groups in total. The van der Waals surface area contributed by atoms with Crippen LogP contribution in [0.15, 0.2) is 36.4 Å². The van der Waals surface area contributed by atoms with Crippen molar-refractivity contribution in [3.05, 3.63) is 36.4 Å². The highest BCUT2D eigenvalue weighted by atomic mass is 19.4. The first-order chi connectivity index (χ1) is 11.0. The summed E-state index contributed by atoms with van der Waals surface area (Å²) >= 11 is 0. The molecular weight excluding hydrogens is 319 g/mol. The Labute approximate surface area is 138 Å². The number of hydrogen-bond donors (Lipinski definition) is 1. The molecular formula is C18H20F3NO2. The van der Waals surface area contributed by atoms with Crippen LogP contribution in [0.2, 0.25) is 0 Å². The van der Waals surface area contributed by atoms with Gasteiger partial charge in [-0.1, -0.05) is 26.0 Å². The van der Waals surface area contributed by atoms with Gasteiger partial charge in [0.15, 0.2) is 0 Å². The minimum atomic E-state index is -4.73. The molecule has 0 aliphatic heterocycles. The van der Waals surface area contributed by atoms with Crippen LogP contribution >= 0.6 is 0 Å². The van der Waals surface area contributed by atoms with E-state index in [-0.39, 0.29) is 17.1 Å². The van der Waals surface area contributed by atoms with Gasteiger partial charge in [-0.2, -0.15) is 0 Å². The third-order valence-electron chi connectivity index (χ3n) is 5.67. The number of nitrogens with one attached hydrogen (secondary N) is 1. The average Bonchev–Trinajstić information content (AvgIpc) is 3.00. The predicted molar refractivity (Wildman–Crippen MR) is 84.4 cm³/mol. The lowest BCUT2D eigenvalue weighted by Gasteiger charge is -2.37. The number of carbonyl (C=O) groups excluding carboxylic acids is 1. The molecule has 2 atom stereocenters. The monoisotopic (exact) mass is 339 g/mol. The highest BCUT2D eigenvalue weighted by Crippen LogP contribution is 2.65. The molecule has 3 nitrogen and oxygen atoms in total. The fourth-order valence-electron chi connectivity index (χ4n) is 4.13. The number of amides is 1. The van der Waals surface area contributed by atoms with Gasteiger partial charge in [0.1, 0.15) is 5.75 Å². The lowest BCUT2D eigenvalue weighted by atomic mass is 9.68. The third-order valence-corrected chi connectivity index (χ3v) is 5.67. The zero-order chi connectivity index (χ0) is 17.8. The van der Waals surface area contributed by atoms with Gasteiger partial charge in [0, 0.05) is 5.69 Å². The summed E-state index contributed by atoms with van der Waals surface area (Å²) in [5.74, 6) is 0.0226. The molecule has 1 amide bonds. The molecule has 0 radical (unpaired) electrons. The standard InChI is InChI=1S/C18H20F3NO2/c1-11-16(2,3)12-8-9-17(11,10-12)15(23)22-13-4-6-14(7-5-13)24-18(19,20)21/h4-7,12H,1,8-10H2,2-3H3,(H,22,23)/t12-,17+/m0/s1. The number of rotatable bonds is 3. The Bertz CT molecular complexity index is 678. The van der Waals surface area contributed by atoms with Crippen molar-refractivity contribution in [2.75, 3.05) is 5.32 Å². The zero-order valence-electron chi connectivity index (χ0n) is 13.7. The fraction of sp³-hybridized carbons (Fsp3) is 0.500. The first-order valence-electron chi connectivity index (χ1n) is 7.92. The molecule has 2 aliphatic rings. The SMILES string of the molecule is C=C1C(C)(C)[C@H]2CC[C@@]1(C(=O)Nc1ccc(OC(F)(F)F)cc1)C2. The van der Waals surface area contributed by atoms with Gasteiger partial charge in [0.2, 0.25) is 5.91 Å². The zero-order valence-corrected chi connectivity index (χ0v) is 13.7. The lowest BCUT2D eigenvalue weighted by Crippen LogP contribution is -2.37. The molecule has 24 heavy (non-hydrogen) atoms. The maximum atomic E-state index is 12.8. The molecule has 1 aromatic rings. The first-order valence-corrected chi connectivity index (χ1v) is 7.92. The number of benzene rings is 1. The number of anilines is 1. The lowest BCUT2D eigenvalue weighted by molar-refractivity contribution is -0.274. The minimum absolute atomic E-state index is 0.0556. The molecule has 2 saturated carbocycles. The first kappa shape index (κ1) is 16.9. The Hall–Kier alpha value is -1.98. The van der Waals surface area contributed by atoms with E-state index in [4.69, 9.17) is 0 Å². The van der Waals surface area contributed by atoms with Crippen LogP contribution in [0, 0.1) is 16.7 Å². The number of hydrogen-bond acceptors (Lipinski definition) is 2. The molecule has 0 saturated heterocycles. The summed E-state index contributed by atoms with van der Waals surface area (Å²) in [5, 5.41) is 2.82. The van der Waals surface area contributed by atoms with Crippen LogP contribution in [0.25, 0.3) is 0 Å². The van der Waals surface area contributed by atoms with Gasteiger partial charge in [-0.05, 0) is 54.9 Å². The van der Waals surface area contributed by atoms with Crippen LogP contribution in [-0.4, -0.2) is 12.3 Å². The Kier molecular flexibility index (Phi) is 3.70. The second-order valence-corrected chi connectivity index (χ2v) is 7.25. The number of alkyl halides is 3. The second-order valence-electron chi connectivity index (χ2n) is 7.25. The topological polar surface area (TPSA) is 38.3 Å². The molecule has 0 aromatic heterocycles. The third kappa shape index (κ3) is 2.68. The highest BCUT2D eigenvalue weighted by molar-refractivity contribution is 5.98. The number of halogens is 3. The molecule has 0 heterocycles. The summed E-state index contributed by atoms with van der Waals surface area (Å²) in [6.45, 7) is 8.42. The summed E-state index contributed by atoms with van der Waals surface area (Å²) < 4.78 is 40.3. The van der Waals surface area contributed by atoms with Crippen molar-refractivity contribution in [1.29, 1.82) is 0 Å². The van der Waals surface area contributed by atoms with E-state index >= 15 is 0 Å². The van der Waals surface area contributed by atoms with Crippen molar-refractivity contribution >= 4 is 11.6 Å². The summed E-state index contributed by atoms with van der Waals surface area (Å²) in [6.07, 6.45) is -2.16. The predicted octanol–water partition coefficient (Wildman–Crippen LogP) is 4.91. The van der Waals surface area contributed by atoms with Gasteiger partial charge in [-0.25, -0.2) is 0 Å². The van der Waals surface area contributed by atoms with Crippen LogP contribution < -0.4 is 10.1 Å². The summed E-state index contributed by atoms with van der Waals surface area (Å²) in [7, 11) is 0. The maximum absolute atomic E-state index is 12.8. The van der Waals surface area contributed by atoms with Crippen molar-refractivity contribution in [2.45, 2.75) is 39.5 Å². The van der Waals surface area contributed by atoms with Gasteiger partial charge >= 0.3 is 6.36 Å². The minimum Gasteiger partial charge on any atom is -0.406 e. The van der Waals surface area contributed by atoms with Crippen LogP contribution in [0.5, 0.6) is 5.75 Å². The molecule has 3 rings (SSSR count). The van der Waals surface area contributed by atoms with E-state index < -0.39 is 11.8 Å². The van der Waals surface area contributed by atoms with Crippen molar-refractivity contribution < 1.29 is 22.7 Å². The van der Waals surface area contributed by atoms with E-state index in [2.05, 4.69) is 30.5 Å². The Morgan fingerprint density at radius 3 is 2.42 bits per heavy atom. The summed E-state index contributed by atoms with van der Waals surface area (Å²) in [4.78, 5) is 12.8. The molecule has 2 bridgehead atoms. The smallest absolute Gasteiger partial charge is 0.406 e. The van der Waals surface area contributed by atoms with Crippen LogP contribution in [-0.2, 0) is 4.79 Å². The van der Waals surface area contributed by atoms with Crippen molar-refractivity contribution in [2.24, 2.45) is 16.7 Å². The quantitative estimate of drug-likeness (QED) is 0.795. The highest BCUT2D eigenvalue weighted by Gasteiger charge is 2.60. The van der Waals surface area contributed by atoms with E-state index in [1.165, 1.54) is 24.3 Å². The van der Waals surface area contributed by atoms with Gasteiger partial charge in [-0.15, -0.1) is 13.2 Å². The Balaban J connectivity index is 1.73. The Morgan fingerprint density at radius 1 is 1.29 bits per heavy atom. The van der Waals surface area contributed by atoms with Gasteiger partial charge in [-0.3, -0.25) is 4.79 Å². The van der Waals surface area contributed by atoms with E-state index in [0.717, 1.165) is 24.8 Å². The van der Waals surface area contributed by atoms with Crippen molar-refractivity contribution in [3.8, 4) is 5.75 Å². The van der Waals surface area contributed by atoms with E-state index in [9.17, 15) is 18.0 Å². The van der Waals surface area contributed by atoms with Gasteiger partial charge in [0.05, 0.1) is 5.41 Å². The van der Waals surface area contributed by atoms with E-state index in [1.807, 2.05) is 0 Å². The largest absolute Gasteiger partial charge is 0.573 e. The number of carbonyl (C=O) groups is 1. The summed E-state index contributed by atoms with van der Waals surface area (Å²) in [5.41, 5.74) is 0.792. The molecule has 2 fully saturated rings. The molecule has 1 aromatic carbocycles. The van der Waals surface area contributed by atoms with Crippen molar-refractivity contribution in [1.82, 2.24) is 0 Å². The van der Waals surface area contributed by atoms with Crippen molar-refractivity contribution in [3.63, 3.8) is 0 Å². The normalized spacial score (nSPS) is 28.0. The molecule has 0 unspecified atom stereocenters. The average molecular weight is 339 g/mol. The fourth-order valence-corrected chi connectivity index (χ4v) is 4.13. The van der Waals surface area contributed by atoms with E-state index in [0.29, 0.717) is 11.6 Å². The Morgan fingerprint density at radius 2 is 1.92 bits per heavy atom. The van der Waals surface area contributed by atoms with Gasteiger partial charge < -0.3 is 10.1 Å². The molecule has 130 valence electrons. The maximum Gasteiger partial charge on any atom is 0.573 e. The molecule has 2 aliphatic carbocycles.